The van der Waals surface area contributed by atoms with Crippen LogP contribution in [0.25, 0.3) is 11.3 Å². The third-order valence-electron chi connectivity index (χ3n) is 4.57. The number of H-pyrrole nitrogens is 1. The van der Waals surface area contributed by atoms with Crippen molar-refractivity contribution < 1.29 is 9.18 Å². The molecule has 0 saturated carbocycles. The number of hydrogen-bond acceptors (Lipinski definition) is 3. The molecule has 2 heterocycles. The van der Waals surface area contributed by atoms with E-state index in [2.05, 4.69) is 20.6 Å². The quantitative estimate of drug-likeness (QED) is 0.736. The summed E-state index contributed by atoms with van der Waals surface area (Å²) in [4.78, 5) is 12.6. The fraction of sp³-hybridized carbons (Fsp3) is 0.316. The van der Waals surface area contributed by atoms with Gasteiger partial charge < -0.3 is 5.32 Å². The number of nitrogens with zero attached hydrogens (tertiary/aromatic N) is 3. The van der Waals surface area contributed by atoms with Gasteiger partial charge in [0.25, 0.3) is 5.91 Å². The second-order valence-electron chi connectivity index (χ2n) is 6.32. The SMILES string of the molecule is CC[C@H](NC(=O)c1cc(-c2c(C)nn(C)c2C)n[nH]1)c1ccc(F)cc1. The highest BCUT2D eigenvalue weighted by molar-refractivity contribution is 5.93. The van der Waals surface area contributed by atoms with E-state index < -0.39 is 0 Å². The van der Waals surface area contributed by atoms with E-state index in [1.807, 2.05) is 27.8 Å². The van der Waals surface area contributed by atoms with E-state index in [0.29, 0.717) is 17.8 Å². The van der Waals surface area contributed by atoms with Crippen molar-refractivity contribution in [1.82, 2.24) is 25.3 Å². The molecule has 0 aliphatic carbocycles. The van der Waals surface area contributed by atoms with Crippen LogP contribution in [0.4, 0.5) is 4.39 Å². The summed E-state index contributed by atoms with van der Waals surface area (Å²) in [5, 5.41) is 14.4. The Kier molecular flexibility index (Phi) is 4.88. The average Bonchev–Trinajstić information content (AvgIpc) is 3.18. The summed E-state index contributed by atoms with van der Waals surface area (Å²) in [6.45, 7) is 5.85. The van der Waals surface area contributed by atoms with Gasteiger partial charge in [0.1, 0.15) is 11.5 Å². The Balaban J connectivity index is 1.80. The van der Waals surface area contributed by atoms with Crippen LogP contribution in [0.5, 0.6) is 0 Å². The Morgan fingerprint density at radius 1 is 1.31 bits per heavy atom. The van der Waals surface area contributed by atoms with Gasteiger partial charge in [-0.3, -0.25) is 14.6 Å². The topological polar surface area (TPSA) is 75.6 Å². The average molecular weight is 355 g/mol. The summed E-state index contributed by atoms with van der Waals surface area (Å²) >= 11 is 0. The van der Waals surface area contributed by atoms with E-state index in [-0.39, 0.29) is 17.8 Å². The smallest absolute Gasteiger partial charge is 0.269 e. The number of rotatable bonds is 5. The van der Waals surface area contributed by atoms with Crippen molar-refractivity contribution in [2.24, 2.45) is 7.05 Å². The van der Waals surface area contributed by atoms with Gasteiger partial charge in [0.15, 0.2) is 0 Å². The van der Waals surface area contributed by atoms with Gasteiger partial charge in [-0.05, 0) is 44.0 Å². The molecule has 0 aliphatic heterocycles. The second kappa shape index (κ2) is 7.11. The number of nitrogens with one attached hydrogen (secondary N) is 2. The van der Waals surface area contributed by atoms with E-state index in [4.69, 9.17) is 0 Å². The van der Waals surface area contributed by atoms with Crippen LogP contribution in [-0.4, -0.2) is 25.9 Å². The highest BCUT2D eigenvalue weighted by Crippen LogP contribution is 2.25. The molecule has 26 heavy (non-hydrogen) atoms. The molecule has 0 saturated heterocycles. The number of carbonyl (C=O) groups is 1. The molecule has 0 bridgehead atoms. The molecule has 6 nitrogen and oxygen atoms in total. The Hall–Kier alpha value is -2.96. The predicted octanol–water partition coefficient (Wildman–Crippen LogP) is 3.45. The predicted molar refractivity (Wildman–Crippen MR) is 97.2 cm³/mol. The molecule has 136 valence electrons. The number of aryl methyl sites for hydroxylation is 2. The molecule has 2 N–H and O–H groups in total. The Morgan fingerprint density at radius 2 is 2.00 bits per heavy atom. The first-order chi connectivity index (χ1) is 12.4. The molecule has 0 fully saturated rings. The summed E-state index contributed by atoms with van der Waals surface area (Å²) in [5.74, 6) is -0.547. The van der Waals surface area contributed by atoms with Gasteiger partial charge in [-0.25, -0.2) is 4.39 Å². The first kappa shape index (κ1) is 17.8. The zero-order chi connectivity index (χ0) is 18.8. The zero-order valence-corrected chi connectivity index (χ0v) is 15.3. The number of carbonyl (C=O) groups excluding carboxylic acids is 1. The van der Waals surface area contributed by atoms with E-state index in [9.17, 15) is 9.18 Å². The minimum Gasteiger partial charge on any atom is -0.344 e. The molecule has 1 atom stereocenters. The summed E-state index contributed by atoms with van der Waals surface area (Å²) in [6.07, 6.45) is 0.694. The summed E-state index contributed by atoms with van der Waals surface area (Å²) in [7, 11) is 1.88. The van der Waals surface area contributed by atoms with Crippen LogP contribution in [-0.2, 0) is 7.05 Å². The molecule has 0 radical (unpaired) electrons. The van der Waals surface area contributed by atoms with E-state index in [0.717, 1.165) is 22.5 Å². The normalized spacial score (nSPS) is 12.2. The van der Waals surface area contributed by atoms with Crippen LogP contribution in [0, 0.1) is 19.7 Å². The van der Waals surface area contributed by atoms with Crippen LogP contribution in [0.1, 0.15) is 46.8 Å². The molecule has 1 amide bonds. The van der Waals surface area contributed by atoms with Gasteiger partial charge in [0.2, 0.25) is 0 Å². The van der Waals surface area contributed by atoms with Crippen molar-refractivity contribution in [1.29, 1.82) is 0 Å². The monoisotopic (exact) mass is 355 g/mol. The molecule has 0 unspecified atom stereocenters. The summed E-state index contributed by atoms with van der Waals surface area (Å²) in [6, 6.07) is 7.69. The number of hydrogen-bond donors (Lipinski definition) is 2. The molecule has 3 rings (SSSR count). The summed E-state index contributed by atoms with van der Waals surface area (Å²) in [5.41, 5.74) is 4.70. The fourth-order valence-electron chi connectivity index (χ4n) is 3.06. The first-order valence-electron chi connectivity index (χ1n) is 8.53. The first-order valence-corrected chi connectivity index (χ1v) is 8.53. The number of benzene rings is 1. The van der Waals surface area contributed by atoms with Crippen LogP contribution in [0.3, 0.4) is 0 Å². The van der Waals surface area contributed by atoms with E-state index in [1.165, 1.54) is 12.1 Å². The van der Waals surface area contributed by atoms with Gasteiger partial charge >= 0.3 is 0 Å². The van der Waals surface area contributed by atoms with Crippen molar-refractivity contribution in [3.05, 3.63) is 58.8 Å². The molecule has 2 aromatic heterocycles. The Morgan fingerprint density at radius 3 is 2.58 bits per heavy atom. The van der Waals surface area contributed by atoms with Crippen molar-refractivity contribution in [3.8, 4) is 11.3 Å². The third kappa shape index (κ3) is 3.37. The van der Waals surface area contributed by atoms with Crippen molar-refractivity contribution in [2.75, 3.05) is 0 Å². The van der Waals surface area contributed by atoms with Gasteiger partial charge in [0.05, 0.1) is 17.4 Å². The lowest BCUT2D eigenvalue weighted by Crippen LogP contribution is -2.28. The van der Waals surface area contributed by atoms with E-state index >= 15 is 0 Å². The minimum atomic E-state index is -0.296. The maximum atomic E-state index is 13.1. The lowest BCUT2D eigenvalue weighted by atomic mass is 10.0. The highest BCUT2D eigenvalue weighted by Gasteiger charge is 2.19. The number of amides is 1. The van der Waals surface area contributed by atoms with Crippen molar-refractivity contribution in [3.63, 3.8) is 0 Å². The van der Waals surface area contributed by atoms with Crippen LogP contribution in [0.2, 0.25) is 0 Å². The van der Waals surface area contributed by atoms with Crippen molar-refractivity contribution in [2.45, 2.75) is 33.2 Å². The standard InChI is InChI=1S/C19H22FN5O/c1-5-15(13-6-8-14(20)9-7-13)21-19(26)17-10-16(22-23-17)18-11(2)24-25(4)12(18)3/h6-10,15H,5H2,1-4H3,(H,21,26)(H,22,23)/t15-/m0/s1. The second-order valence-corrected chi connectivity index (χ2v) is 6.32. The van der Waals surface area contributed by atoms with Gasteiger partial charge in [0, 0.05) is 18.3 Å². The molecule has 1 aromatic carbocycles. The van der Waals surface area contributed by atoms with Crippen LogP contribution >= 0.6 is 0 Å². The van der Waals surface area contributed by atoms with Gasteiger partial charge in [-0.2, -0.15) is 10.2 Å². The fourth-order valence-corrected chi connectivity index (χ4v) is 3.06. The summed E-state index contributed by atoms with van der Waals surface area (Å²) < 4.78 is 14.9. The van der Waals surface area contributed by atoms with E-state index in [1.54, 1.807) is 22.9 Å². The van der Waals surface area contributed by atoms with Crippen LogP contribution < -0.4 is 5.32 Å². The van der Waals surface area contributed by atoms with Gasteiger partial charge in [-0.15, -0.1) is 0 Å². The molecular weight excluding hydrogens is 333 g/mol. The highest BCUT2D eigenvalue weighted by atomic mass is 19.1. The Labute approximate surface area is 151 Å². The molecule has 0 spiro atoms. The minimum absolute atomic E-state index is 0.197. The number of halogens is 1. The molecule has 0 aliphatic rings. The number of aromatic amines is 1. The lowest BCUT2D eigenvalue weighted by Gasteiger charge is -2.16. The van der Waals surface area contributed by atoms with Crippen LogP contribution in [0.15, 0.2) is 30.3 Å². The maximum absolute atomic E-state index is 13.1. The molecule has 7 heteroatoms. The third-order valence-corrected chi connectivity index (χ3v) is 4.57. The number of aromatic nitrogens is 4. The van der Waals surface area contributed by atoms with Gasteiger partial charge in [-0.1, -0.05) is 19.1 Å². The van der Waals surface area contributed by atoms with Crippen molar-refractivity contribution >= 4 is 5.91 Å². The Bertz CT molecular complexity index is 926. The maximum Gasteiger partial charge on any atom is 0.269 e. The molecular formula is C19H22FN5O. The lowest BCUT2D eigenvalue weighted by molar-refractivity contribution is 0.0930. The largest absolute Gasteiger partial charge is 0.344 e. The molecule has 3 aromatic rings. The zero-order valence-electron chi connectivity index (χ0n) is 15.3.